The molecule has 0 unspecified atom stereocenters. The number of hydrogen-bond donors (Lipinski definition) is 6. The van der Waals surface area contributed by atoms with Crippen LogP contribution in [0.5, 0.6) is 0 Å². The van der Waals surface area contributed by atoms with Crippen molar-refractivity contribution in [3.8, 4) is 0 Å². The van der Waals surface area contributed by atoms with Gasteiger partial charge in [0.25, 0.3) is 11.4 Å². The molecule has 3 aromatic carbocycles. The third kappa shape index (κ3) is 5.53. The molecule has 0 heterocycles. The number of nitro benzene ring substituents is 2. The Morgan fingerprint density at radius 1 is 0.750 bits per heavy atom. The molecule has 0 aliphatic rings. The van der Waals surface area contributed by atoms with Gasteiger partial charge in [-0.3, -0.25) is 41.9 Å². The first-order valence-corrected chi connectivity index (χ1v) is 9.98. The van der Waals surface area contributed by atoms with Crippen LogP contribution in [0.2, 0.25) is 0 Å². The molecular formula is C20H20N10O6. The van der Waals surface area contributed by atoms with E-state index in [1.807, 2.05) is 10.9 Å². The van der Waals surface area contributed by atoms with Crippen molar-refractivity contribution in [2.75, 3.05) is 15.4 Å². The van der Waals surface area contributed by atoms with Crippen LogP contribution in [0.1, 0.15) is 0 Å². The van der Waals surface area contributed by atoms with Gasteiger partial charge in [-0.1, -0.05) is 12.1 Å². The van der Waals surface area contributed by atoms with Gasteiger partial charge in [-0.05, 0) is 36.4 Å². The maximum absolute atomic E-state index is 13.0. The lowest BCUT2D eigenvalue weighted by molar-refractivity contribution is -0.385. The number of non-ortho nitro benzene ring substituents is 2. The lowest BCUT2D eigenvalue weighted by Gasteiger charge is -2.37. The Hall–Kier alpha value is -5.48. The smallest absolute Gasteiger partial charge is 0.295 e. The predicted octanol–water partition coefficient (Wildman–Crippen LogP) is 2.15. The minimum Gasteiger partial charge on any atom is -0.295 e. The fourth-order valence-corrected chi connectivity index (χ4v) is 3.10. The molecule has 0 radical (unpaired) electrons. The first-order chi connectivity index (χ1) is 17.3. The number of nitrogens with zero attached hydrogens (tertiary/aromatic N) is 4. The lowest BCUT2D eigenvalue weighted by Crippen LogP contribution is -2.52. The fourth-order valence-electron chi connectivity index (χ4n) is 3.10. The second kappa shape index (κ2) is 11.1. The number of nitrogens with one attached hydrogen (secondary N) is 4. The number of hydrogen-bond acceptors (Lipinski definition) is 10. The summed E-state index contributed by atoms with van der Waals surface area (Å²) in [5.74, 6) is 10.5. The van der Waals surface area contributed by atoms with E-state index >= 15 is 0 Å². The van der Waals surface area contributed by atoms with Gasteiger partial charge in [-0.25, -0.2) is 26.3 Å². The summed E-state index contributed by atoms with van der Waals surface area (Å²) < 4.78 is 0. The molecule has 0 aromatic heterocycles. The van der Waals surface area contributed by atoms with Gasteiger partial charge in [0.15, 0.2) is 0 Å². The van der Waals surface area contributed by atoms with E-state index in [4.69, 9.17) is 11.7 Å². The van der Waals surface area contributed by atoms with Gasteiger partial charge >= 0.3 is 12.1 Å². The summed E-state index contributed by atoms with van der Waals surface area (Å²) in [5, 5.41) is 24.6. The molecule has 3 rings (SSSR count). The Morgan fingerprint density at radius 2 is 1.28 bits per heavy atom. The zero-order valence-electron chi connectivity index (χ0n) is 18.3. The molecule has 8 N–H and O–H groups in total. The lowest BCUT2D eigenvalue weighted by atomic mass is 10.2. The zero-order chi connectivity index (χ0) is 26.2. The molecule has 0 bridgehead atoms. The molecule has 36 heavy (non-hydrogen) atoms. The van der Waals surface area contributed by atoms with Crippen LogP contribution in [0.3, 0.4) is 0 Å². The van der Waals surface area contributed by atoms with Crippen LogP contribution >= 0.6 is 0 Å². The van der Waals surface area contributed by atoms with Gasteiger partial charge in [0, 0.05) is 24.3 Å². The number of urea groups is 2. The third-order valence-corrected chi connectivity index (χ3v) is 4.70. The molecule has 0 spiro atoms. The Kier molecular flexibility index (Phi) is 7.75. The van der Waals surface area contributed by atoms with Crippen molar-refractivity contribution in [2.24, 2.45) is 11.7 Å². The van der Waals surface area contributed by atoms with Crippen molar-refractivity contribution in [2.45, 2.75) is 0 Å². The van der Waals surface area contributed by atoms with E-state index in [0.29, 0.717) is 0 Å². The number of benzene rings is 3. The number of carbonyl (C=O) groups excluding carboxylic acids is 2. The molecule has 3 aromatic rings. The number of hydrazine groups is 4. The number of amides is 4. The molecule has 0 aliphatic carbocycles. The van der Waals surface area contributed by atoms with Crippen LogP contribution in [0, 0.1) is 20.2 Å². The molecule has 0 saturated carbocycles. The highest BCUT2D eigenvalue weighted by atomic mass is 16.6. The minimum absolute atomic E-state index is 0.157. The highest BCUT2D eigenvalue weighted by molar-refractivity contribution is 5.98. The number of anilines is 4. The van der Waals surface area contributed by atoms with Gasteiger partial charge in [0.05, 0.1) is 32.6 Å². The van der Waals surface area contributed by atoms with Gasteiger partial charge in [-0.15, -0.1) is 0 Å². The van der Waals surface area contributed by atoms with E-state index in [1.165, 1.54) is 53.5 Å². The number of nitro groups is 2. The third-order valence-electron chi connectivity index (χ3n) is 4.70. The molecule has 16 heteroatoms. The van der Waals surface area contributed by atoms with Crippen LogP contribution in [-0.4, -0.2) is 21.9 Å². The summed E-state index contributed by atoms with van der Waals surface area (Å²) in [5.41, 5.74) is 9.42. The molecule has 0 atom stereocenters. The highest BCUT2D eigenvalue weighted by Gasteiger charge is 2.28. The van der Waals surface area contributed by atoms with Crippen LogP contribution in [0.15, 0.2) is 72.8 Å². The van der Waals surface area contributed by atoms with Crippen molar-refractivity contribution in [1.82, 2.24) is 16.3 Å². The van der Waals surface area contributed by atoms with E-state index in [2.05, 4.69) is 10.9 Å². The predicted molar refractivity (Wildman–Crippen MR) is 129 cm³/mol. The van der Waals surface area contributed by atoms with Gasteiger partial charge in [-0.2, -0.15) is 5.01 Å². The first-order valence-electron chi connectivity index (χ1n) is 9.98. The van der Waals surface area contributed by atoms with E-state index in [0.717, 1.165) is 5.01 Å². The summed E-state index contributed by atoms with van der Waals surface area (Å²) in [6.07, 6.45) is 0. The molecular weight excluding hydrogens is 476 g/mol. The normalized spacial score (nSPS) is 10.1. The quantitative estimate of drug-likeness (QED) is 0.115. The maximum atomic E-state index is 13.0. The Bertz CT molecular complexity index is 1270. The van der Waals surface area contributed by atoms with E-state index in [-0.39, 0.29) is 34.1 Å². The molecule has 0 saturated heterocycles. The summed E-state index contributed by atoms with van der Waals surface area (Å²) in [6.45, 7) is 0. The minimum atomic E-state index is -0.857. The van der Waals surface area contributed by atoms with Crippen molar-refractivity contribution < 1.29 is 19.4 Å². The van der Waals surface area contributed by atoms with Crippen molar-refractivity contribution in [3.63, 3.8) is 0 Å². The summed E-state index contributed by atoms with van der Waals surface area (Å²) in [6, 6.07) is 15.1. The standard InChI is InChI=1S/C20H20N10O6/c21-23-19(31)26-25-17-3-1-2-4-18(17)27(13-5-9-15(10-6-13)29(33)34)28(20(32)24-22)14-7-11-16(12-8-14)30(35)36/h1-12,25H,21-22H2,(H,24,32)(H2,23,26,31). The van der Waals surface area contributed by atoms with Gasteiger partial charge < -0.3 is 0 Å². The molecule has 186 valence electrons. The van der Waals surface area contributed by atoms with E-state index in [1.54, 1.807) is 24.3 Å². The Balaban J connectivity index is 2.21. The topological polar surface area (TPSA) is 227 Å². The number of para-hydroxylation sites is 2. The van der Waals surface area contributed by atoms with E-state index < -0.39 is 21.9 Å². The van der Waals surface area contributed by atoms with E-state index in [9.17, 15) is 29.8 Å². The Labute approximate surface area is 202 Å². The van der Waals surface area contributed by atoms with Crippen LogP contribution in [0.4, 0.5) is 43.7 Å². The van der Waals surface area contributed by atoms with Crippen molar-refractivity contribution in [1.29, 1.82) is 0 Å². The molecule has 16 nitrogen and oxygen atoms in total. The van der Waals surface area contributed by atoms with Crippen LogP contribution in [0.25, 0.3) is 0 Å². The number of nitrogens with two attached hydrogens (primary N) is 2. The van der Waals surface area contributed by atoms with Gasteiger partial charge in [0.1, 0.15) is 0 Å². The second-order valence-electron chi connectivity index (χ2n) is 6.86. The summed E-state index contributed by atoms with van der Waals surface area (Å²) in [4.78, 5) is 45.7. The van der Waals surface area contributed by atoms with Crippen molar-refractivity contribution in [3.05, 3.63) is 93.0 Å². The summed E-state index contributed by atoms with van der Waals surface area (Å²) in [7, 11) is 0. The fraction of sp³-hybridized carbons (Fsp3) is 0. The SMILES string of the molecule is NNC(=O)NNc1ccccc1N(c1ccc([N+](=O)[O-])cc1)N(C(=O)NN)c1ccc([N+](=O)[O-])cc1. The second-order valence-corrected chi connectivity index (χ2v) is 6.86. The summed E-state index contributed by atoms with van der Waals surface area (Å²) >= 11 is 0. The average Bonchev–Trinajstić information content (AvgIpc) is 2.90. The zero-order valence-corrected chi connectivity index (χ0v) is 18.3. The van der Waals surface area contributed by atoms with Gasteiger partial charge in [0.2, 0.25) is 0 Å². The molecule has 4 amide bonds. The largest absolute Gasteiger partial charge is 0.355 e. The van der Waals surface area contributed by atoms with Crippen LogP contribution < -0.4 is 43.4 Å². The highest BCUT2D eigenvalue weighted by Crippen LogP contribution is 2.36. The first kappa shape index (κ1) is 25.1. The monoisotopic (exact) mass is 496 g/mol. The number of carbonyl (C=O) groups is 2. The van der Waals surface area contributed by atoms with Crippen LogP contribution in [-0.2, 0) is 0 Å². The average molecular weight is 496 g/mol. The number of rotatable bonds is 8. The van der Waals surface area contributed by atoms with Crippen molar-refractivity contribution >= 4 is 46.2 Å². The molecule has 0 aliphatic heterocycles. The Morgan fingerprint density at radius 3 is 1.78 bits per heavy atom. The maximum Gasteiger partial charge on any atom is 0.355 e. The molecule has 0 fully saturated rings.